The predicted octanol–water partition coefficient (Wildman–Crippen LogP) is 11.1. The Kier molecular flexibility index (Phi) is 8.06. The van der Waals surface area contributed by atoms with Gasteiger partial charge in [0.05, 0.1) is 13.7 Å². The van der Waals surface area contributed by atoms with Crippen molar-refractivity contribution in [1.29, 1.82) is 0 Å². The van der Waals surface area contributed by atoms with Crippen molar-refractivity contribution in [2.75, 3.05) is 0 Å². The van der Waals surface area contributed by atoms with Crippen LogP contribution in [0.5, 0.6) is 0 Å². The average molecular weight is 834 g/mol. The molecule has 6 heteroatoms. The third-order valence-electron chi connectivity index (χ3n) is 8.01. The number of aryl methyl sites for hydroxylation is 2. The van der Waals surface area contributed by atoms with Crippen LogP contribution >= 0.6 is 0 Å². The third kappa shape index (κ3) is 7.57. The van der Waals surface area contributed by atoms with E-state index in [1.165, 1.54) is 17.3 Å². The number of furan rings is 1. The molecule has 3 heterocycles. The summed E-state index contributed by atoms with van der Waals surface area (Å²) in [6.07, 6.45) is 3.55. The second-order valence-corrected chi connectivity index (χ2v) is 17.8. The zero-order valence-corrected chi connectivity index (χ0v) is 30.7. The summed E-state index contributed by atoms with van der Waals surface area (Å²) < 4.78 is 74.4. The molecule has 0 aliphatic heterocycles. The van der Waals surface area contributed by atoms with Crippen molar-refractivity contribution < 1.29 is 38.5 Å². The number of pyridine rings is 2. The van der Waals surface area contributed by atoms with Crippen molar-refractivity contribution in [3.8, 4) is 33.6 Å². The van der Waals surface area contributed by atoms with Gasteiger partial charge in [0.25, 0.3) is 0 Å². The fourth-order valence-electron chi connectivity index (χ4n) is 5.31. The molecule has 3 aromatic heterocycles. The van der Waals surface area contributed by atoms with Crippen LogP contribution in [0.1, 0.15) is 46.0 Å². The number of halogens is 1. The molecule has 0 aliphatic carbocycles. The minimum absolute atomic E-state index is 0. The zero-order valence-electron chi connectivity index (χ0n) is 34.3. The Labute approximate surface area is 307 Å². The topological polar surface area (TPSA) is 38.9 Å². The first-order valence-electron chi connectivity index (χ1n) is 18.8. The van der Waals surface area contributed by atoms with Crippen molar-refractivity contribution in [3.63, 3.8) is 0 Å². The van der Waals surface area contributed by atoms with Crippen LogP contribution in [-0.4, -0.2) is 18.0 Å². The molecule has 0 saturated heterocycles. The molecule has 48 heavy (non-hydrogen) atoms. The number of benzene rings is 4. The molecule has 0 bridgehead atoms. The summed E-state index contributed by atoms with van der Waals surface area (Å²) in [5.41, 5.74) is 6.34. The predicted molar refractivity (Wildman–Crippen MR) is 196 cm³/mol. The van der Waals surface area contributed by atoms with E-state index in [-0.39, 0.29) is 25.7 Å². The monoisotopic (exact) mass is 834 g/mol. The van der Waals surface area contributed by atoms with Crippen LogP contribution in [0.25, 0.3) is 55.6 Å². The second kappa shape index (κ2) is 14.5. The van der Waals surface area contributed by atoms with Gasteiger partial charge in [-0.15, -0.1) is 47.5 Å². The van der Waals surface area contributed by atoms with E-state index in [0.29, 0.717) is 38.8 Å². The minimum Gasteiger partial charge on any atom is -0.500 e. The summed E-state index contributed by atoms with van der Waals surface area (Å²) in [7, 11) is -1.34. The molecule has 245 valence electrons. The quantitative estimate of drug-likeness (QED) is 0.128. The number of hydrogen-bond donors (Lipinski definition) is 0. The van der Waals surface area contributed by atoms with Crippen LogP contribution in [0.2, 0.25) is 19.6 Å². The molecule has 0 N–H and O–H groups in total. The largest absolute Gasteiger partial charge is 0.500 e. The van der Waals surface area contributed by atoms with Crippen LogP contribution in [0, 0.1) is 31.7 Å². The fraction of sp³-hybridized carbons (Fsp3) is 0.190. The molecule has 1 radical (unpaired) electrons. The van der Waals surface area contributed by atoms with Crippen LogP contribution in [-0.2, 0) is 20.1 Å². The number of nitrogens with zero attached hydrogens (tertiary/aromatic N) is 2. The summed E-state index contributed by atoms with van der Waals surface area (Å²) in [5.74, 6) is -1.27. The summed E-state index contributed by atoms with van der Waals surface area (Å²) >= 11 is 0. The van der Waals surface area contributed by atoms with E-state index in [4.69, 9.17) is 14.0 Å². The maximum Gasteiger partial charge on any atom is 0.121 e. The Hall–Kier alpha value is -4.22. The Morgan fingerprint density at radius 2 is 1.65 bits per heavy atom. The van der Waals surface area contributed by atoms with Gasteiger partial charge in [0, 0.05) is 53.3 Å². The minimum atomic E-state index is -2.21. The number of rotatable bonds is 5. The Balaban J connectivity index is 0.000000237. The molecule has 3 nitrogen and oxygen atoms in total. The van der Waals surface area contributed by atoms with Crippen LogP contribution < -0.4 is 5.19 Å². The van der Waals surface area contributed by atoms with E-state index in [1.807, 2.05) is 24.4 Å². The van der Waals surface area contributed by atoms with Gasteiger partial charge in [-0.1, -0.05) is 112 Å². The van der Waals surface area contributed by atoms with Crippen LogP contribution in [0.3, 0.4) is 0 Å². The van der Waals surface area contributed by atoms with E-state index < -0.39 is 33.5 Å². The first-order chi connectivity index (χ1) is 25.2. The molecule has 0 spiro atoms. The second-order valence-electron chi connectivity index (χ2n) is 12.7. The zero-order chi connectivity index (χ0) is 39.2. The van der Waals surface area contributed by atoms with Gasteiger partial charge in [-0.05, 0) is 58.0 Å². The van der Waals surface area contributed by atoms with Gasteiger partial charge in [-0.2, -0.15) is 0 Å². The van der Waals surface area contributed by atoms with Crippen molar-refractivity contribution in [2.24, 2.45) is 0 Å². The molecular weight excluding hydrogens is 788 g/mol. The molecule has 0 saturated carbocycles. The molecule has 7 aromatic rings. The van der Waals surface area contributed by atoms with Crippen molar-refractivity contribution in [2.45, 2.75) is 53.1 Å². The van der Waals surface area contributed by atoms with Gasteiger partial charge in [0.2, 0.25) is 0 Å². The van der Waals surface area contributed by atoms with E-state index in [9.17, 15) is 4.39 Å². The first kappa shape index (κ1) is 26.7. The summed E-state index contributed by atoms with van der Waals surface area (Å²) in [6, 6.07) is 32.0. The van der Waals surface area contributed by atoms with Crippen molar-refractivity contribution >= 4 is 35.2 Å². The Morgan fingerprint density at radius 1 is 0.833 bits per heavy atom. The van der Waals surface area contributed by atoms with Gasteiger partial charge >= 0.3 is 0 Å². The van der Waals surface area contributed by atoms with E-state index in [2.05, 4.69) is 47.8 Å². The van der Waals surface area contributed by atoms with Gasteiger partial charge in [0.15, 0.2) is 0 Å². The number of aromatic nitrogens is 2. The fourth-order valence-corrected chi connectivity index (χ4v) is 6.35. The van der Waals surface area contributed by atoms with Crippen LogP contribution in [0.4, 0.5) is 4.39 Å². The van der Waals surface area contributed by atoms with Gasteiger partial charge in [-0.3, -0.25) is 4.39 Å². The maximum absolute atomic E-state index is 14.9. The molecule has 7 rings (SSSR count). The number of hydrogen-bond acceptors (Lipinski definition) is 3. The number of fused-ring (bicyclic) bond motifs is 3. The van der Waals surface area contributed by atoms with Gasteiger partial charge in [-0.25, -0.2) is 0 Å². The van der Waals surface area contributed by atoms with Crippen molar-refractivity contribution in [1.82, 2.24) is 9.97 Å². The third-order valence-corrected chi connectivity index (χ3v) is 10.0. The van der Waals surface area contributed by atoms with E-state index in [0.717, 1.165) is 27.9 Å². The molecule has 0 fully saturated rings. The first-order valence-corrected chi connectivity index (χ1v) is 18.8. The summed E-state index contributed by atoms with van der Waals surface area (Å²) in [4.78, 5) is 8.89. The molecule has 0 atom stereocenters. The summed E-state index contributed by atoms with van der Waals surface area (Å²) in [6.45, 7) is 6.13. The standard InChI is InChI=1S/C27H21FNO.C15H18NSi.Ir/c1-16(2)18-11-12-29-24(14-18)21-9-10-23(28)26-22-8-7-20(15-25(22)30-27(21)26)19-6-4-5-17(3)13-19;1-12-5-7-13(8-6-12)15-10-9-14(11-16-15)17(2,3)4;/h4-8,10-16H,1-3H3;5-7,9-11H,1-4H3;/q2*-1;/i3D3,16D;1D3;. The Morgan fingerprint density at radius 3 is 2.33 bits per heavy atom. The molecule has 0 aliphatic rings. The average Bonchev–Trinajstić information content (AvgIpc) is 3.51. The van der Waals surface area contributed by atoms with E-state index >= 15 is 0 Å². The van der Waals surface area contributed by atoms with Gasteiger partial charge in [0.1, 0.15) is 5.58 Å². The van der Waals surface area contributed by atoms with Crippen LogP contribution in [0.15, 0.2) is 108 Å². The maximum atomic E-state index is 14.9. The van der Waals surface area contributed by atoms with Gasteiger partial charge < -0.3 is 14.4 Å². The summed E-state index contributed by atoms with van der Waals surface area (Å²) in [5, 5.41) is 2.25. The SMILES string of the molecule is [2H]C([2H])([2H])c1c[c-]c(-c2ccc([Si](C)(C)C)cn2)cc1.[2H]C([2H])([2H])c1cccc(-c2ccc3c(c2)oc2c(-c4cc(C([2H])(C)C)ccn4)[c-]cc(F)c23)c1.[Ir]. The molecule has 4 aromatic carbocycles. The van der Waals surface area contributed by atoms with E-state index in [1.54, 1.807) is 74.6 Å². The normalized spacial score (nSPS) is 14.2. The van der Waals surface area contributed by atoms with Crippen molar-refractivity contribution in [3.05, 3.63) is 138 Å². The molecule has 0 unspecified atom stereocenters. The Bertz CT molecular complexity index is 2390. The smallest absolute Gasteiger partial charge is 0.121 e. The molecule has 0 amide bonds. The molecular formula is C42H39FIrN2OSi-2.